The van der Waals surface area contributed by atoms with Crippen molar-refractivity contribution in [1.82, 2.24) is 19.7 Å². The largest absolute Gasteiger partial charge is 0.333 e. The maximum absolute atomic E-state index is 13.7. The zero-order chi connectivity index (χ0) is 18.1. The Kier molecular flexibility index (Phi) is 4.76. The molecule has 0 spiro atoms. The molecule has 0 radical (unpaired) electrons. The van der Waals surface area contributed by atoms with E-state index in [1.165, 1.54) is 0 Å². The number of aromatic nitrogens is 3. The highest BCUT2D eigenvalue weighted by Gasteiger charge is 2.25. The van der Waals surface area contributed by atoms with Crippen molar-refractivity contribution < 1.29 is 18.0 Å². The van der Waals surface area contributed by atoms with Gasteiger partial charge in [-0.05, 0) is 25.0 Å². The molecule has 1 aliphatic rings. The second-order valence-corrected chi connectivity index (χ2v) is 6.16. The number of amides is 1. The van der Waals surface area contributed by atoms with Crippen LogP contribution in [-0.2, 0) is 24.3 Å². The lowest BCUT2D eigenvalue weighted by atomic mass is 10.0. The van der Waals surface area contributed by atoms with Crippen molar-refractivity contribution in [3.8, 4) is 0 Å². The highest BCUT2D eigenvalue weighted by molar-refractivity contribution is 5.76. The monoisotopic (exact) mass is 353 g/mol. The van der Waals surface area contributed by atoms with E-state index in [4.69, 9.17) is 5.73 Å². The van der Waals surface area contributed by atoms with E-state index in [0.717, 1.165) is 11.9 Å². The summed E-state index contributed by atoms with van der Waals surface area (Å²) in [6.45, 7) is 3.30. The molecule has 1 aromatic carbocycles. The van der Waals surface area contributed by atoms with Crippen LogP contribution in [0, 0.1) is 24.4 Å². The maximum atomic E-state index is 13.7. The number of aryl methyl sites for hydroxylation is 1. The molecule has 2 N–H and O–H groups in total. The maximum Gasteiger partial charge on any atom is 0.224 e. The molecule has 1 aromatic heterocycles. The van der Waals surface area contributed by atoms with E-state index in [9.17, 15) is 18.0 Å². The summed E-state index contributed by atoms with van der Waals surface area (Å²) in [7, 11) is 0. The molecule has 2 heterocycles. The van der Waals surface area contributed by atoms with Gasteiger partial charge in [0.2, 0.25) is 5.91 Å². The number of nitrogens with two attached hydrogens (primary N) is 1. The molecule has 1 amide bonds. The summed E-state index contributed by atoms with van der Waals surface area (Å²) in [6, 6.07) is 0.563. The second kappa shape index (κ2) is 6.83. The SMILES string of the molecule is Cc1nnc2n1CCN(C(=O)C[C@@H](N)Cc1cc(F)c(F)cc1F)C2. The third kappa shape index (κ3) is 3.65. The molecule has 25 heavy (non-hydrogen) atoms. The van der Waals surface area contributed by atoms with Gasteiger partial charge in [0.1, 0.15) is 11.6 Å². The standard InChI is InChI=1S/C16H18F3N5O/c1-9-21-22-15-8-23(2-3-24(9)15)16(25)6-11(20)4-10-5-13(18)14(19)7-12(10)17/h5,7,11H,2-4,6,8,20H2,1H3/t11-/m0/s1. The zero-order valence-corrected chi connectivity index (χ0v) is 13.7. The molecule has 0 unspecified atom stereocenters. The average Bonchev–Trinajstić information content (AvgIpc) is 2.93. The van der Waals surface area contributed by atoms with Gasteiger partial charge in [-0.25, -0.2) is 13.2 Å². The van der Waals surface area contributed by atoms with Crippen LogP contribution in [-0.4, -0.2) is 38.2 Å². The van der Waals surface area contributed by atoms with Crippen LogP contribution in [0.15, 0.2) is 12.1 Å². The van der Waals surface area contributed by atoms with Crippen molar-refractivity contribution >= 4 is 5.91 Å². The first-order valence-electron chi connectivity index (χ1n) is 7.90. The molecule has 134 valence electrons. The first-order valence-corrected chi connectivity index (χ1v) is 7.90. The summed E-state index contributed by atoms with van der Waals surface area (Å²) < 4.78 is 41.8. The second-order valence-electron chi connectivity index (χ2n) is 6.16. The lowest BCUT2D eigenvalue weighted by molar-refractivity contribution is -0.133. The van der Waals surface area contributed by atoms with Gasteiger partial charge in [-0.15, -0.1) is 10.2 Å². The predicted molar refractivity (Wildman–Crippen MR) is 82.8 cm³/mol. The van der Waals surface area contributed by atoms with E-state index < -0.39 is 23.5 Å². The lowest BCUT2D eigenvalue weighted by Crippen LogP contribution is -2.41. The molecular formula is C16H18F3N5O. The first kappa shape index (κ1) is 17.4. The fraction of sp³-hybridized carbons (Fsp3) is 0.438. The van der Waals surface area contributed by atoms with Crippen molar-refractivity contribution in [3.05, 3.63) is 46.8 Å². The Morgan fingerprint density at radius 1 is 1.20 bits per heavy atom. The molecule has 0 saturated carbocycles. The van der Waals surface area contributed by atoms with Crippen LogP contribution in [0.1, 0.15) is 23.6 Å². The molecule has 0 aliphatic carbocycles. The average molecular weight is 353 g/mol. The van der Waals surface area contributed by atoms with Crippen LogP contribution >= 0.6 is 0 Å². The number of rotatable bonds is 4. The molecule has 9 heteroatoms. The summed E-state index contributed by atoms with van der Waals surface area (Å²) in [5, 5.41) is 8.00. The summed E-state index contributed by atoms with van der Waals surface area (Å²) >= 11 is 0. The van der Waals surface area contributed by atoms with Crippen molar-refractivity contribution in [2.24, 2.45) is 5.73 Å². The summed E-state index contributed by atoms with van der Waals surface area (Å²) in [5.41, 5.74) is 5.86. The zero-order valence-electron chi connectivity index (χ0n) is 13.7. The number of carbonyl (C=O) groups is 1. The van der Waals surface area contributed by atoms with Crippen LogP contribution in [0.2, 0.25) is 0 Å². The van der Waals surface area contributed by atoms with E-state index in [1.54, 1.807) is 4.90 Å². The van der Waals surface area contributed by atoms with Gasteiger partial charge in [-0.1, -0.05) is 0 Å². The molecule has 1 atom stereocenters. The van der Waals surface area contributed by atoms with Gasteiger partial charge in [0.15, 0.2) is 17.5 Å². The molecule has 0 fully saturated rings. The molecule has 3 rings (SSSR count). The van der Waals surface area contributed by atoms with Gasteiger partial charge in [0.25, 0.3) is 0 Å². The van der Waals surface area contributed by atoms with Crippen LogP contribution < -0.4 is 5.73 Å². The van der Waals surface area contributed by atoms with Crippen LogP contribution in [0.4, 0.5) is 13.2 Å². The minimum absolute atomic E-state index is 0.0223. The van der Waals surface area contributed by atoms with Crippen molar-refractivity contribution in [1.29, 1.82) is 0 Å². The predicted octanol–water partition coefficient (Wildman–Crippen LogP) is 1.31. The number of hydrogen-bond acceptors (Lipinski definition) is 4. The van der Waals surface area contributed by atoms with E-state index in [2.05, 4.69) is 10.2 Å². The van der Waals surface area contributed by atoms with Gasteiger partial charge >= 0.3 is 0 Å². The Balaban J connectivity index is 1.61. The van der Waals surface area contributed by atoms with Gasteiger partial charge in [-0.3, -0.25) is 4.79 Å². The first-order chi connectivity index (χ1) is 11.8. The van der Waals surface area contributed by atoms with E-state index in [0.29, 0.717) is 31.5 Å². The van der Waals surface area contributed by atoms with Gasteiger partial charge in [0.05, 0.1) is 6.54 Å². The van der Waals surface area contributed by atoms with Crippen molar-refractivity contribution in [2.45, 2.75) is 38.9 Å². The number of hydrogen-bond donors (Lipinski definition) is 1. The van der Waals surface area contributed by atoms with Crippen LogP contribution in [0.25, 0.3) is 0 Å². The fourth-order valence-electron chi connectivity index (χ4n) is 2.94. The number of nitrogens with zero attached hydrogens (tertiary/aromatic N) is 4. The molecule has 1 aliphatic heterocycles. The Morgan fingerprint density at radius 2 is 1.92 bits per heavy atom. The van der Waals surface area contributed by atoms with Crippen LogP contribution in [0.5, 0.6) is 0 Å². The Morgan fingerprint density at radius 3 is 2.68 bits per heavy atom. The quantitative estimate of drug-likeness (QED) is 0.841. The van der Waals surface area contributed by atoms with Gasteiger partial charge in [-0.2, -0.15) is 0 Å². The van der Waals surface area contributed by atoms with E-state index in [-0.39, 0.29) is 24.3 Å². The highest BCUT2D eigenvalue weighted by atomic mass is 19.2. The summed E-state index contributed by atoms with van der Waals surface area (Å²) in [4.78, 5) is 14.0. The number of fused-ring (bicyclic) bond motifs is 1. The Hall–Kier alpha value is -2.42. The fourth-order valence-corrected chi connectivity index (χ4v) is 2.94. The van der Waals surface area contributed by atoms with Crippen LogP contribution in [0.3, 0.4) is 0 Å². The topological polar surface area (TPSA) is 77.0 Å². The lowest BCUT2D eigenvalue weighted by Gasteiger charge is -2.28. The number of halogens is 3. The van der Waals surface area contributed by atoms with E-state index in [1.807, 2.05) is 11.5 Å². The molecule has 2 aromatic rings. The number of carbonyl (C=O) groups excluding carboxylic acids is 1. The van der Waals surface area contributed by atoms with Gasteiger partial charge < -0.3 is 15.2 Å². The smallest absolute Gasteiger partial charge is 0.224 e. The normalized spacial score (nSPS) is 15.2. The molecule has 0 saturated heterocycles. The van der Waals surface area contributed by atoms with Crippen molar-refractivity contribution in [3.63, 3.8) is 0 Å². The minimum Gasteiger partial charge on any atom is -0.333 e. The minimum atomic E-state index is -1.25. The van der Waals surface area contributed by atoms with Gasteiger partial charge in [0, 0.05) is 31.6 Å². The third-order valence-electron chi connectivity index (χ3n) is 4.30. The molecule has 6 nitrogen and oxygen atoms in total. The van der Waals surface area contributed by atoms with Crippen molar-refractivity contribution in [2.75, 3.05) is 6.54 Å². The Bertz CT molecular complexity index is 807. The summed E-state index contributed by atoms with van der Waals surface area (Å²) in [6.07, 6.45) is -0.0799. The Labute approximate surface area is 142 Å². The van der Waals surface area contributed by atoms with E-state index >= 15 is 0 Å². The molecule has 0 bridgehead atoms. The highest BCUT2D eigenvalue weighted by Crippen LogP contribution is 2.17. The summed E-state index contributed by atoms with van der Waals surface area (Å²) in [5.74, 6) is -1.95. The molecular weight excluding hydrogens is 335 g/mol. The third-order valence-corrected chi connectivity index (χ3v) is 4.30. The number of benzene rings is 1.